The van der Waals surface area contributed by atoms with Crippen molar-refractivity contribution < 1.29 is 4.79 Å². The van der Waals surface area contributed by atoms with Gasteiger partial charge in [0.2, 0.25) is 5.91 Å². The van der Waals surface area contributed by atoms with E-state index in [4.69, 9.17) is 0 Å². The topological polar surface area (TPSA) is 45.2 Å². The Bertz CT molecular complexity index is 448. The Morgan fingerprint density at radius 1 is 1.37 bits per heavy atom. The van der Waals surface area contributed by atoms with Gasteiger partial charge in [-0.3, -0.25) is 9.78 Å². The van der Waals surface area contributed by atoms with E-state index in [2.05, 4.69) is 17.2 Å². The van der Waals surface area contributed by atoms with Crippen LogP contribution in [0.25, 0.3) is 0 Å². The van der Waals surface area contributed by atoms with Crippen molar-refractivity contribution >= 4 is 5.91 Å². The molecule has 2 aliphatic rings. The van der Waals surface area contributed by atoms with Crippen molar-refractivity contribution in [1.29, 1.82) is 0 Å². The monoisotopic (exact) mass is 259 g/mol. The second kappa shape index (κ2) is 5.29. The molecule has 4 heteroatoms. The molecule has 2 bridgehead atoms. The maximum Gasteiger partial charge on any atom is 0.240 e. The van der Waals surface area contributed by atoms with E-state index in [1.54, 1.807) is 6.20 Å². The molecular formula is C15H21N3O. The summed E-state index contributed by atoms with van der Waals surface area (Å²) < 4.78 is 0. The molecule has 0 aliphatic carbocycles. The van der Waals surface area contributed by atoms with Gasteiger partial charge in [-0.1, -0.05) is 6.07 Å². The van der Waals surface area contributed by atoms with Crippen LogP contribution in [0.15, 0.2) is 24.4 Å². The first kappa shape index (κ1) is 12.6. The zero-order valence-electron chi connectivity index (χ0n) is 11.4. The molecule has 3 atom stereocenters. The van der Waals surface area contributed by atoms with Crippen LogP contribution in [0.1, 0.15) is 44.3 Å². The van der Waals surface area contributed by atoms with Crippen LogP contribution in [0.3, 0.4) is 0 Å². The molecule has 3 rings (SSSR count). The lowest BCUT2D eigenvalue weighted by Crippen LogP contribution is -2.48. The molecule has 3 heterocycles. The molecule has 1 aromatic heterocycles. The van der Waals surface area contributed by atoms with E-state index in [-0.39, 0.29) is 18.0 Å². The number of pyridine rings is 1. The average Bonchev–Trinajstić information content (AvgIpc) is 2.57. The van der Waals surface area contributed by atoms with Crippen LogP contribution in [0, 0.1) is 0 Å². The molecule has 4 nitrogen and oxygen atoms in total. The average molecular weight is 259 g/mol. The quantitative estimate of drug-likeness (QED) is 0.882. The number of amides is 1. The molecule has 2 saturated heterocycles. The van der Waals surface area contributed by atoms with Gasteiger partial charge in [0.1, 0.15) is 0 Å². The Morgan fingerprint density at radius 2 is 2.26 bits per heavy atom. The van der Waals surface area contributed by atoms with Gasteiger partial charge in [-0.05, 0) is 44.7 Å². The lowest BCUT2D eigenvalue weighted by molar-refractivity contribution is -0.135. The molecule has 2 fully saturated rings. The minimum atomic E-state index is 0.0208. The van der Waals surface area contributed by atoms with Crippen molar-refractivity contribution in [3.05, 3.63) is 30.1 Å². The molecule has 19 heavy (non-hydrogen) atoms. The van der Waals surface area contributed by atoms with Crippen molar-refractivity contribution in [3.8, 4) is 0 Å². The van der Waals surface area contributed by atoms with Crippen LogP contribution < -0.4 is 5.32 Å². The van der Waals surface area contributed by atoms with E-state index in [9.17, 15) is 4.79 Å². The summed E-state index contributed by atoms with van der Waals surface area (Å²) in [5.41, 5.74) is 0.979. The fourth-order valence-electron chi connectivity index (χ4n) is 3.21. The van der Waals surface area contributed by atoms with E-state index in [1.807, 2.05) is 23.1 Å². The first-order valence-corrected chi connectivity index (χ1v) is 7.23. The van der Waals surface area contributed by atoms with Crippen LogP contribution in [0.5, 0.6) is 0 Å². The third-order valence-corrected chi connectivity index (χ3v) is 4.37. The Labute approximate surface area is 114 Å². The van der Waals surface area contributed by atoms with Gasteiger partial charge in [-0.15, -0.1) is 0 Å². The maximum absolute atomic E-state index is 12.6. The lowest BCUT2D eigenvalue weighted by atomic mass is 9.98. The smallest absolute Gasteiger partial charge is 0.240 e. The Hall–Kier alpha value is -1.42. The third-order valence-electron chi connectivity index (χ3n) is 4.37. The van der Waals surface area contributed by atoms with Crippen LogP contribution in [-0.2, 0) is 4.79 Å². The number of carbonyl (C=O) groups excluding carboxylic acids is 1. The number of aromatic nitrogens is 1. The van der Waals surface area contributed by atoms with E-state index in [0.29, 0.717) is 6.04 Å². The minimum absolute atomic E-state index is 0.0208. The fraction of sp³-hybridized carbons (Fsp3) is 0.600. The van der Waals surface area contributed by atoms with E-state index in [0.717, 1.165) is 25.1 Å². The largest absolute Gasteiger partial charge is 0.333 e. The third kappa shape index (κ3) is 2.50. The highest BCUT2D eigenvalue weighted by molar-refractivity contribution is 5.82. The number of rotatable bonds is 2. The normalized spacial score (nSPS) is 28.9. The van der Waals surface area contributed by atoms with Gasteiger partial charge in [0.05, 0.1) is 17.8 Å². The molecule has 3 unspecified atom stereocenters. The summed E-state index contributed by atoms with van der Waals surface area (Å²) in [5, 5.41) is 3.49. The maximum atomic E-state index is 12.6. The van der Waals surface area contributed by atoms with E-state index in [1.165, 1.54) is 12.8 Å². The SMILES string of the molecule is CC(c1ccccn1)N1CCC2CCCC(N2)C1=O. The highest BCUT2D eigenvalue weighted by Crippen LogP contribution is 2.26. The number of hydrogen-bond acceptors (Lipinski definition) is 3. The number of piperidine rings is 1. The van der Waals surface area contributed by atoms with Crippen molar-refractivity contribution in [2.45, 2.75) is 50.7 Å². The predicted molar refractivity (Wildman–Crippen MR) is 73.5 cm³/mol. The number of nitrogens with zero attached hydrogens (tertiary/aromatic N) is 2. The van der Waals surface area contributed by atoms with Gasteiger partial charge in [-0.2, -0.15) is 0 Å². The molecule has 1 N–H and O–H groups in total. The summed E-state index contributed by atoms with van der Waals surface area (Å²) in [6, 6.07) is 6.50. The van der Waals surface area contributed by atoms with Gasteiger partial charge in [0.25, 0.3) is 0 Å². The Morgan fingerprint density at radius 3 is 3.05 bits per heavy atom. The highest BCUT2D eigenvalue weighted by Gasteiger charge is 2.35. The van der Waals surface area contributed by atoms with E-state index >= 15 is 0 Å². The van der Waals surface area contributed by atoms with Gasteiger partial charge >= 0.3 is 0 Å². The molecule has 102 valence electrons. The van der Waals surface area contributed by atoms with Gasteiger partial charge in [0.15, 0.2) is 0 Å². The molecule has 0 aromatic carbocycles. The molecule has 0 radical (unpaired) electrons. The Kier molecular flexibility index (Phi) is 3.51. The molecule has 2 aliphatic heterocycles. The van der Waals surface area contributed by atoms with Crippen LogP contribution in [-0.4, -0.2) is 34.4 Å². The zero-order valence-corrected chi connectivity index (χ0v) is 11.4. The van der Waals surface area contributed by atoms with Crippen LogP contribution in [0.2, 0.25) is 0 Å². The molecule has 1 amide bonds. The molecule has 1 aromatic rings. The second-order valence-electron chi connectivity index (χ2n) is 5.60. The van der Waals surface area contributed by atoms with Crippen LogP contribution >= 0.6 is 0 Å². The summed E-state index contributed by atoms with van der Waals surface area (Å²) in [7, 11) is 0. The lowest BCUT2D eigenvalue weighted by Gasteiger charge is -2.30. The predicted octanol–water partition coefficient (Wildman–Crippen LogP) is 1.89. The van der Waals surface area contributed by atoms with Crippen molar-refractivity contribution in [2.75, 3.05) is 6.54 Å². The number of hydrogen-bond donors (Lipinski definition) is 1. The van der Waals surface area contributed by atoms with E-state index < -0.39 is 0 Å². The van der Waals surface area contributed by atoms with Crippen molar-refractivity contribution in [2.24, 2.45) is 0 Å². The summed E-state index contributed by atoms with van der Waals surface area (Å²) in [5.74, 6) is 0.250. The number of nitrogens with one attached hydrogen (secondary N) is 1. The first-order valence-electron chi connectivity index (χ1n) is 7.23. The first-order chi connectivity index (χ1) is 9.25. The second-order valence-corrected chi connectivity index (χ2v) is 5.60. The Balaban J connectivity index is 1.81. The summed E-state index contributed by atoms with van der Waals surface area (Å²) >= 11 is 0. The van der Waals surface area contributed by atoms with Gasteiger partial charge in [-0.25, -0.2) is 0 Å². The van der Waals surface area contributed by atoms with Crippen molar-refractivity contribution in [1.82, 2.24) is 15.2 Å². The highest BCUT2D eigenvalue weighted by atomic mass is 16.2. The fourth-order valence-corrected chi connectivity index (χ4v) is 3.21. The standard InChI is InChI=1S/C15H21N3O/c1-11(13-6-2-3-9-16-13)18-10-8-12-5-4-7-14(17-12)15(18)19/h2-3,6,9,11-12,14,17H,4-5,7-8,10H2,1H3. The van der Waals surface area contributed by atoms with Crippen molar-refractivity contribution in [3.63, 3.8) is 0 Å². The molecule has 0 spiro atoms. The van der Waals surface area contributed by atoms with Gasteiger partial charge in [0, 0.05) is 18.8 Å². The number of carbonyl (C=O) groups is 1. The zero-order chi connectivity index (χ0) is 13.2. The summed E-state index contributed by atoms with van der Waals surface area (Å²) in [4.78, 5) is 19.0. The van der Waals surface area contributed by atoms with Crippen LogP contribution in [0.4, 0.5) is 0 Å². The molecule has 0 saturated carbocycles. The summed E-state index contributed by atoms with van der Waals surface area (Å²) in [6.45, 7) is 2.92. The number of fused-ring (bicyclic) bond motifs is 2. The molecular weight excluding hydrogens is 238 g/mol. The summed E-state index contributed by atoms with van der Waals surface area (Å²) in [6.07, 6.45) is 6.19. The van der Waals surface area contributed by atoms with Gasteiger partial charge < -0.3 is 10.2 Å². The minimum Gasteiger partial charge on any atom is -0.333 e.